The number of rotatable bonds is 8. The van der Waals surface area contributed by atoms with Gasteiger partial charge in [-0.15, -0.1) is 0 Å². The molecule has 4 atom stereocenters. The fourth-order valence-electron chi connectivity index (χ4n) is 9.87. The Hall–Kier alpha value is -5.55. The van der Waals surface area contributed by atoms with Gasteiger partial charge in [0.25, 0.3) is 5.56 Å². The molecule has 5 aromatic rings. The van der Waals surface area contributed by atoms with Crippen LogP contribution in [0.1, 0.15) is 50.6 Å². The van der Waals surface area contributed by atoms with Gasteiger partial charge in [-0.3, -0.25) is 29.3 Å². The van der Waals surface area contributed by atoms with Crippen LogP contribution >= 0.6 is 11.6 Å². The second-order valence-electron chi connectivity index (χ2n) is 17.8. The minimum Gasteiger partial charge on any atom is -0.480 e. The van der Waals surface area contributed by atoms with E-state index in [4.69, 9.17) is 26.4 Å². The number of alkyl halides is 2. The highest BCUT2D eigenvalue weighted by atomic mass is 35.5. The predicted octanol–water partition coefficient (Wildman–Crippen LogP) is 5.64. The molecule has 3 saturated heterocycles. The van der Waals surface area contributed by atoms with Gasteiger partial charge in [0, 0.05) is 88.5 Å². The number of halogens is 3. The largest absolute Gasteiger partial charge is 0.480 e. The predicted molar refractivity (Wildman–Crippen MR) is 234 cm³/mol. The van der Waals surface area contributed by atoms with E-state index in [-0.39, 0.29) is 29.2 Å². The molecule has 0 bridgehead atoms. The normalized spacial score (nSPS) is 24.4. The zero-order chi connectivity index (χ0) is 43.0. The minimum absolute atomic E-state index is 0.106. The van der Waals surface area contributed by atoms with Crippen molar-refractivity contribution >= 4 is 74.0 Å². The number of benzene rings is 2. The van der Waals surface area contributed by atoms with Gasteiger partial charge in [0.2, 0.25) is 23.5 Å². The van der Waals surface area contributed by atoms with Gasteiger partial charge in [-0.2, -0.15) is 10.1 Å². The van der Waals surface area contributed by atoms with Crippen LogP contribution in [-0.2, 0) is 23.7 Å². The Morgan fingerprint density at radius 3 is 2.52 bits per heavy atom. The second-order valence-corrected chi connectivity index (χ2v) is 18.2. The number of piperidine rings is 2. The molecule has 4 aliphatic heterocycles. The van der Waals surface area contributed by atoms with Gasteiger partial charge in [-0.25, -0.2) is 13.8 Å². The number of aryl methyl sites for hydroxylation is 2. The van der Waals surface area contributed by atoms with Crippen molar-refractivity contribution in [3.8, 4) is 5.75 Å². The maximum absolute atomic E-state index is 15.2. The maximum Gasteiger partial charge on any atom is 0.301 e. The van der Waals surface area contributed by atoms with E-state index < -0.39 is 30.0 Å². The van der Waals surface area contributed by atoms with E-state index in [1.807, 2.05) is 23.9 Å². The Labute approximate surface area is 361 Å². The number of aromatic nitrogens is 5. The van der Waals surface area contributed by atoms with E-state index in [1.54, 1.807) is 19.3 Å². The third kappa shape index (κ3) is 7.46. The van der Waals surface area contributed by atoms with Gasteiger partial charge in [0.1, 0.15) is 5.02 Å². The van der Waals surface area contributed by atoms with Crippen molar-refractivity contribution in [2.24, 2.45) is 31.8 Å². The van der Waals surface area contributed by atoms with E-state index in [1.165, 1.54) is 4.57 Å². The summed E-state index contributed by atoms with van der Waals surface area (Å²) in [5.41, 5.74) is 3.84. The first kappa shape index (κ1) is 40.5. The number of imide groups is 1. The van der Waals surface area contributed by atoms with Crippen molar-refractivity contribution in [2.75, 3.05) is 72.9 Å². The molecule has 2 aromatic carbocycles. The molecule has 18 heteroatoms. The first-order valence-electron chi connectivity index (χ1n) is 21.6. The number of piperazine rings is 1. The number of carbonyl (C=O) groups excluding carboxylic acids is 2. The molecular weight excluding hydrogens is 820 g/mol. The molecule has 62 heavy (non-hydrogen) atoms. The van der Waals surface area contributed by atoms with Crippen LogP contribution in [0.5, 0.6) is 5.75 Å². The third-order valence-corrected chi connectivity index (χ3v) is 13.9. The van der Waals surface area contributed by atoms with Gasteiger partial charge >= 0.3 is 5.92 Å². The summed E-state index contributed by atoms with van der Waals surface area (Å²) in [5, 5.41) is 15.4. The molecule has 0 spiro atoms. The van der Waals surface area contributed by atoms with Crippen molar-refractivity contribution in [2.45, 2.75) is 56.9 Å². The Morgan fingerprint density at radius 2 is 1.76 bits per heavy atom. The van der Waals surface area contributed by atoms with Crippen LogP contribution in [0.3, 0.4) is 0 Å². The van der Waals surface area contributed by atoms with Gasteiger partial charge in [-0.05, 0) is 79.8 Å². The molecule has 1 saturated carbocycles. The lowest BCUT2D eigenvalue weighted by atomic mass is 9.86. The number of pyridine rings is 1. The van der Waals surface area contributed by atoms with Crippen molar-refractivity contribution in [1.82, 2.24) is 34.5 Å². The van der Waals surface area contributed by atoms with E-state index in [0.717, 1.165) is 74.5 Å². The van der Waals surface area contributed by atoms with Crippen LogP contribution < -0.4 is 36.0 Å². The Morgan fingerprint density at radius 1 is 0.952 bits per heavy atom. The summed E-state index contributed by atoms with van der Waals surface area (Å²) in [6.45, 7) is 7.78. The van der Waals surface area contributed by atoms with Crippen LogP contribution in [0.25, 0.3) is 21.8 Å². The number of carbonyl (C=O) groups is 2. The number of hydrogen-bond acceptors (Lipinski definition) is 12. The summed E-state index contributed by atoms with van der Waals surface area (Å²) in [6.07, 6.45) is 4.78. The van der Waals surface area contributed by atoms with Gasteiger partial charge in [0.15, 0.2) is 12.4 Å². The molecule has 3 aromatic heterocycles. The second kappa shape index (κ2) is 15.7. The smallest absolute Gasteiger partial charge is 0.301 e. The SMILES string of the molecule is C[C@@H]1CN(c2ncc(Cl)c(Nc3ccc4c(c3)c3c(c(=O)n4C)OCC(F)(F)C(C4CC4)N3)n2)CC[C@@H]1CN1CCN(c2ccc3c(C4CCC(=O)NC4=O)nn(C)c3c2)CC1. The number of amides is 2. The quantitative estimate of drug-likeness (QED) is 0.166. The minimum atomic E-state index is -3.13. The maximum atomic E-state index is 15.2. The summed E-state index contributed by atoms with van der Waals surface area (Å²) in [6, 6.07) is 10.6. The van der Waals surface area contributed by atoms with Crippen molar-refractivity contribution in [1.29, 1.82) is 0 Å². The summed E-state index contributed by atoms with van der Waals surface area (Å²) >= 11 is 6.66. The zero-order valence-electron chi connectivity index (χ0n) is 35.0. The zero-order valence-corrected chi connectivity index (χ0v) is 35.7. The molecule has 1 aliphatic carbocycles. The summed E-state index contributed by atoms with van der Waals surface area (Å²) < 4.78 is 39.1. The lowest BCUT2D eigenvalue weighted by molar-refractivity contribution is -0.134. The van der Waals surface area contributed by atoms with Gasteiger partial charge in [0.05, 0.1) is 40.6 Å². The van der Waals surface area contributed by atoms with E-state index in [9.17, 15) is 14.4 Å². The molecular formula is C44H50ClF2N11O4. The highest BCUT2D eigenvalue weighted by Crippen LogP contribution is 2.46. The Bertz CT molecular complexity index is 2660. The number of nitrogens with one attached hydrogen (secondary N) is 3. The third-order valence-electron chi connectivity index (χ3n) is 13.6. The van der Waals surface area contributed by atoms with E-state index in [2.05, 4.69) is 60.8 Å². The van der Waals surface area contributed by atoms with Crippen LogP contribution in [0.2, 0.25) is 5.02 Å². The Balaban J connectivity index is 0.777. The molecule has 326 valence electrons. The lowest BCUT2D eigenvalue weighted by Gasteiger charge is -2.42. The van der Waals surface area contributed by atoms with E-state index in [0.29, 0.717) is 70.9 Å². The topological polar surface area (TPSA) is 155 Å². The highest BCUT2D eigenvalue weighted by Gasteiger charge is 2.51. The molecule has 0 radical (unpaired) electrons. The fourth-order valence-corrected chi connectivity index (χ4v) is 10.0. The molecule has 7 heterocycles. The first-order valence-corrected chi connectivity index (χ1v) is 21.9. The summed E-state index contributed by atoms with van der Waals surface area (Å²) in [5.74, 6) is -2.45. The van der Waals surface area contributed by atoms with Gasteiger partial charge < -0.3 is 29.7 Å². The average Bonchev–Trinajstić information content (AvgIpc) is 4.06. The van der Waals surface area contributed by atoms with Gasteiger partial charge in [-0.1, -0.05) is 18.5 Å². The van der Waals surface area contributed by atoms with Crippen molar-refractivity contribution < 1.29 is 23.1 Å². The summed E-state index contributed by atoms with van der Waals surface area (Å²) in [7, 11) is 3.51. The Kier molecular flexibility index (Phi) is 10.2. The van der Waals surface area contributed by atoms with Crippen LogP contribution in [0.15, 0.2) is 47.4 Å². The highest BCUT2D eigenvalue weighted by molar-refractivity contribution is 6.33. The molecule has 15 nitrogen and oxygen atoms in total. The fraction of sp³-hybridized carbons (Fsp3) is 0.500. The number of anilines is 5. The van der Waals surface area contributed by atoms with Crippen molar-refractivity contribution in [3.63, 3.8) is 0 Å². The number of nitrogens with zero attached hydrogens (tertiary/aromatic N) is 8. The number of ether oxygens (including phenoxy) is 1. The van der Waals surface area contributed by atoms with Crippen LogP contribution in [-0.4, -0.2) is 105 Å². The molecule has 2 amide bonds. The molecule has 3 N–H and O–H groups in total. The number of hydrogen-bond donors (Lipinski definition) is 3. The molecule has 5 aliphatic rings. The number of fused-ring (bicyclic) bond motifs is 4. The van der Waals surface area contributed by atoms with Crippen LogP contribution in [0.4, 0.5) is 37.6 Å². The summed E-state index contributed by atoms with van der Waals surface area (Å²) in [4.78, 5) is 54.3. The van der Waals surface area contributed by atoms with Crippen molar-refractivity contribution in [3.05, 3.63) is 63.7 Å². The standard InChI is InChI=1S/C44H50ClF2N11O4/c1-24-21-58(13-12-26(24)22-56-14-16-57(17-15-56)28-7-8-29-34(19-28)55(3)53-36(29)30-9-11-35(59)50-41(30)60)43-48-20-32(45)40(52-43)49-27-6-10-33-31(18-27)37-38(42(61)54(33)2)62-23-44(46,47)39(51-37)25-4-5-25/h6-8,10,18-20,24-26,30,39,51H,4-5,9,11-17,21-23H2,1-3H3,(H,48,49,52)(H,50,59,60)/t24-,26-,30?,39?/m1/s1. The average molecular weight is 870 g/mol. The van der Waals surface area contributed by atoms with Crippen LogP contribution in [0, 0.1) is 17.8 Å². The lowest BCUT2D eigenvalue weighted by Crippen LogP contribution is -2.50. The van der Waals surface area contributed by atoms with E-state index >= 15 is 8.78 Å². The monoisotopic (exact) mass is 869 g/mol. The molecule has 10 rings (SSSR count). The molecule has 4 fully saturated rings. The first-order chi connectivity index (χ1) is 29.8. The molecule has 2 unspecified atom stereocenters.